The number of hydrogen-bond donors (Lipinski definition) is 2. The van der Waals surface area contributed by atoms with E-state index in [1.165, 1.54) is 7.11 Å². The van der Waals surface area contributed by atoms with E-state index in [2.05, 4.69) is 5.32 Å². The third kappa shape index (κ3) is 1.83. The molecule has 1 aliphatic carbocycles. The number of benzene rings is 1. The van der Waals surface area contributed by atoms with E-state index in [1.54, 1.807) is 24.3 Å². The molecule has 7 heteroatoms. The van der Waals surface area contributed by atoms with Gasteiger partial charge in [0.25, 0.3) is 0 Å². The fourth-order valence-electron chi connectivity index (χ4n) is 3.94. The molecule has 1 aromatic rings. The summed E-state index contributed by atoms with van der Waals surface area (Å²) in [5.41, 5.74) is 5.48. The summed E-state index contributed by atoms with van der Waals surface area (Å²) < 4.78 is 10.4. The molecule has 1 atom stereocenters. The van der Waals surface area contributed by atoms with E-state index in [4.69, 9.17) is 15.2 Å². The smallest absolute Gasteiger partial charge is 0.340 e. The molecule has 3 aliphatic rings. The molecule has 0 aromatic heterocycles. The maximum absolute atomic E-state index is 13.1. The van der Waals surface area contributed by atoms with Crippen molar-refractivity contribution in [2.24, 2.45) is 5.73 Å². The minimum Gasteiger partial charge on any atom is -0.465 e. The van der Waals surface area contributed by atoms with Gasteiger partial charge in [-0.2, -0.15) is 0 Å². The number of esters is 1. The predicted octanol–water partition coefficient (Wildman–Crippen LogP) is 1.26. The number of carbonyl (C=O) groups is 3. The average Bonchev–Trinajstić information content (AvgIpc) is 2.87. The maximum atomic E-state index is 13.1. The van der Waals surface area contributed by atoms with Gasteiger partial charge in [-0.05, 0) is 12.5 Å². The number of amides is 1. The largest absolute Gasteiger partial charge is 0.465 e. The lowest BCUT2D eigenvalue weighted by Gasteiger charge is -2.38. The number of allylic oxidation sites excluding steroid dienone is 1. The van der Waals surface area contributed by atoms with Crippen LogP contribution in [0, 0.1) is 0 Å². The fraction of sp³-hybridized carbons (Fsp3) is 0.278. The Morgan fingerprint density at radius 2 is 2.04 bits per heavy atom. The Bertz CT molecular complexity index is 898. The average molecular weight is 340 g/mol. The Balaban J connectivity index is 2.11. The van der Waals surface area contributed by atoms with Crippen molar-refractivity contribution in [1.29, 1.82) is 0 Å². The minimum atomic E-state index is -1.63. The fourth-order valence-corrected chi connectivity index (χ4v) is 3.94. The highest BCUT2D eigenvalue weighted by atomic mass is 16.5. The summed E-state index contributed by atoms with van der Waals surface area (Å²) in [6.07, 6.45) is 1.37. The van der Waals surface area contributed by atoms with Crippen molar-refractivity contribution < 1.29 is 23.9 Å². The molecular weight excluding hydrogens is 324 g/mol. The van der Waals surface area contributed by atoms with Crippen molar-refractivity contribution in [2.75, 3.05) is 12.4 Å². The molecule has 1 amide bonds. The zero-order chi connectivity index (χ0) is 17.8. The third-order valence-corrected chi connectivity index (χ3v) is 4.90. The first-order valence-corrected chi connectivity index (χ1v) is 7.96. The summed E-state index contributed by atoms with van der Waals surface area (Å²) in [6.45, 7) is 0. The van der Waals surface area contributed by atoms with E-state index in [9.17, 15) is 14.4 Å². The molecule has 2 heterocycles. The van der Waals surface area contributed by atoms with Gasteiger partial charge in [-0.25, -0.2) is 4.79 Å². The van der Waals surface area contributed by atoms with Crippen LogP contribution >= 0.6 is 0 Å². The van der Waals surface area contributed by atoms with Gasteiger partial charge in [0.2, 0.25) is 11.8 Å². The summed E-state index contributed by atoms with van der Waals surface area (Å²) >= 11 is 0. The number of para-hydroxylation sites is 1. The standard InChI is InChI=1S/C18H16N2O5/c1-24-16(22)14-15(19)25-12-8-4-7-11(21)13(12)18(14)9-5-2-3-6-10(9)20-17(18)23/h2-3,5-6H,4,7-8,19H2,1H3,(H,20,23)/t18-/m1/s1. The van der Waals surface area contributed by atoms with Crippen LogP contribution in [0.15, 0.2) is 47.1 Å². The number of Topliss-reactive ketones (excluding diaryl/α,β-unsaturated/α-hetero) is 1. The second-order valence-corrected chi connectivity index (χ2v) is 6.16. The highest BCUT2D eigenvalue weighted by molar-refractivity contribution is 6.22. The van der Waals surface area contributed by atoms with E-state index < -0.39 is 17.3 Å². The number of nitrogens with one attached hydrogen (secondary N) is 1. The number of anilines is 1. The molecule has 0 saturated carbocycles. The molecule has 2 aliphatic heterocycles. The number of methoxy groups -OCH3 is 1. The summed E-state index contributed by atoms with van der Waals surface area (Å²) in [5, 5.41) is 2.76. The van der Waals surface area contributed by atoms with Crippen molar-refractivity contribution in [1.82, 2.24) is 0 Å². The van der Waals surface area contributed by atoms with E-state index in [1.807, 2.05) is 0 Å². The molecule has 0 unspecified atom stereocenters. The van der Waals surface area contributed by atoms with Crippen LogP contribution < -0.4 is 11.1 Å². The van der Waals surface area contributed by atoms with Crippen molar-refractivity contribution in [3.8, 4) is 0 Å². The molecule has 0 saturated heterocycles. The Hall–Kier alpha value is -3.09. The second kappa shape index (κ2) is 5.20. The van der Waals surface area contributed by atoms with Gasteiger partial charge in [0.05, 0.1) is 12.7 Å². The van der Waals surface area contributed by atoms with Crippen LogP contribution in [0.1, 0.15) is 24.8 Å². The third-order valence-electron chi connectivity index (χ3n) is 4.90. The molecule has 0 radical (unpaired) electrons. The van der Waals surface area contributed by atoms with Gasteiger partial charge in [0.15, 0.2) is 5.78 Å². The van der Waals surface area contributed by atoms with Crippen LogP contribution in [0.5, 0.6) is 0 Å². The summed E-state index contributed by atoms with van der Waals surface area (Å²) in [4.78, 5) is 38.4. The van der Waals surface area contributed by atoms with Crippen LogP contribution in [0.25, 0.3) is 0 Å². The summed E-state index contributed by atoms with van der Waals surface area (Å²) in [6, 6.07) is 6.94. The number of rotatable bonds is 1. The highest BCUT2D eigenvalue weighted by Crippen LogP contribution is 2.54. The molecule has 1 spiro atoms. The zero-order valence-corrected chi connectivity index (χ0v) is 13.5. The first-order valence-electron chi connectivity index (χ1n) is 7.96. The predicted molar refractivity (Wildman–Crippen MR) is 86.9 cm³/mol. The van der Waals surface area contributed by atoms with Crippen LogP contribution in [0.2, 0.25) is 0 Å². The maximum Gasteiger partial charge on any atom is 0.340 e. The van der Waals surface area contributed by atoms with Crippen molar-refractivity contribution >= 4 is 23.3 Å². The van der Waals surface area contributed by atoms with Gasteiger partial charge in [-0.1, -0.05) is 18.2 Å². The number of hydrogen-bond acceptors (Lipinski definition) is 6. The first-order chi connectivity index (χ1) is 12.0. The van der Waals surface area contributed by atoms with E-state index >= 15 is 0 Å². The van der Waals surface area contributed by atoms with Crippen LogP contribution in [0.4, 0.5) is 5.69 Å². The molecular formula is C18H16N2O5. The molecule has 25 heavy (non-hydrogen) atoms. The molecule has 128 valence electrons. The van der Waals surface area contributed by atoms with E-state index in [-0.39, 0.29) is 29.2 Å². The zero-order valence-electron chi connectivity index (χ0n) is 13.5. The Kier molecular flexibility index (Phi) is 3.21. The molecule has 4 rings (SSSR count). The lowest BCUT2D eigenvalue weighted by atomic mass is 9.65. The Morgan fingerprint density at radius 3 is 2.80 bits per heavy atom. The van der Waals surface area contributed by atoms with E-state index in [0.717, 1.165) is 0 Å². The molecule has 0 bridgehead atoms. The van der Waals surface area contributed by atoms with Gasteiger partial charge in [-0.15, -0.1) is 0 Å². The highest BCUT2D eigenvalue weighted by Gasteiger charge is 2.61. The summed E-state index contributed by atoms with van der Waals surface area (Å²) in [7, 11) is 1.20. The van der Waals surface area contributed by atoms with Crippen LogP contribution in [-0.4, -0.2) is 24.8 Å². The Labute approximate surface area is 143 Å². The van der Waals surface area contributed by atoms with Gasteiger partial charge in [-0.3, -0.25) is 9.59 Å². The van der Waals surface area contributed by atoms with E-state index in [0.29, 0.717) is 29.9 Å². The van der Waals surface area contributed by atoms with Gasteiger partial charge in [0.1, 0.15) is 16.7 Å². The van der Waals surface area contributed by atoms with Crippen molar-refractivity contribution in [3.63, 3.8) is 0 Å². The number of nitrogens with two attached hydrogens (primary N) is 1. The van der Waals surface area contributed by atoms with Crippen LogP contribution in [0.3, 0.4) is 0 Å². The van der Waals surface area contributed by atoms with Gasteiger partial charge in [0, 0.05) is 24.1 Å². The van der Waals surface area contributed by atoms with Crippen molar-refractivity contribution in [3.05, 3.63) is 52.6 Å². The lowest BCUT2D eigenvalue weighted by molar-refractivity contribution is -0.138. The SMILES string of the molecule is COC(=O)C1=C(N)OC2=C(C(=O)CCC2)[C@@]12C(=O)Nc1ccccc12. The quantitative estimate of drug-likeness (QED) is 0.745. The molecule has 0 fully saturated rings. The minimum absolute atomic E-state index is 0.147. The van der Waals surface area contributed by atoms with Gasteiger partial charge >= 0.3 is 5.97 Å². The Morgan fingerprint density at radius 1 is 1.28 bits per heavy atom. The molecule has 7 nitrogen and oxygen atoms in total. The second-order valence-electron chi connectivity index (χ2n) is 6.16. The normalized spacial score (nSPS) is 24.7. The lowest BCUT2D eigenvalue weighted by Crippen LogP contribution is -2.49. The van der Waals surface area contributed by atoms with Crippen molar-refractivity contribution in [2.45, 2.75) is 24.7 Å². The first kappa shape index (κ1) is 15.4. The number of fused-ring (bicyclic) bond motifs is 3. The number of carbonyl (C=O) groups excluding carboxylic acids is 3. The van der Waals surface area contributed by atoms with Crippen LogP contribution in [-0.2, 0) is 29.3 Å². The van der Waals surface area contributed by atoms with Gasteiger partial charge < -0.3 is 20.5 Å². The molecule has 3 N–H and O–H groups in total. The molecule has 1 aromatic carbocycles. The summed E-state index contributed by atoms with van der Waals surface area (Å²) in [5.74, 6) is -1.36. The monoisotopic (exact) mass is 340 g/mol. The topological polar surface area (TPSA) is 108 Å². The number of ketones is 1. The number of ether oxygens (including phenoxy) is 2.